The molecule has 3 amide bonds. The molecule has 0 aromatic heterocycles. The van der Waals surface area contributed by atoms with Crippen molar-refractivity contribution in [2.75, 3.05) is 19.8 Å². The summed E-state index contributed by atoms with van der Waals surface area (Å²) in [7, 11) is 0. The van der Waals surface area contributed by atoms with Gasteiger partial charge in [0.05, 0.1) is 24.3 Å². The maximum Gasteiger partial charge on any atom is 0.411 e. The molecule has 3 rings (SSSR count). The highest BCUT2D eigenvalue weighted by Gasteiger charge is 2.43. The fourth-order valence-corrected chi connectivity index (χ4v) is 2.74. The van der Waals surface area contributed by atoms with Crippen LogP contribution in [-0.2, 0) is 19.1 Å². The van der Waals surface area contributed by atoms with Crippen LogP contribution in [0.3, 0.4) is 0 Å². The Balaban J connectivity index is 1.74. The van der Waals surface area contributed by atoms with Crippen LogP contribution in [0.2, 0.25) is 0 Å². The van der Waals surface area contributed by atoms with Gasteiger partial charge >= 0.3 is 12.1 Å². The summed E-state index contributed by atoms with van der Waals surface area (Å²) < 4.78 is 10.6. The number of carbonyl (C=O) groups is 4. The van der Waals surface area contributed by atoms with E-state index in [1.54, 1.807) is 32.9 Å². The molecular weight excluding hydrogens is 356 g/mol. The van der Waals surface area contributed by atoms with E-state index in [0.29, 0.717) is 5.06 Å². The van der Waals surface area contributed by atoms with Crippen LogP contribution in [0.15, 0.2) is 24.3 Å². The Hall–Kier alpha value is -2.94. The highest BCUT2D eigenvalue weighted by molar-refractivity contribution is 6.20. The van der Waals surface area contributed by atoms with Crippen molar-refractivity contribution in [3.8, 4) is 0 Å². The number of amides is 3. The molecule has 1 fully saturated rings. The number of hydrogen-bond acceptors (Lipinski definition) is 7. The van der Waals surface area contributed by atoms with E-state index in [9.17, 15) is 19.2 Å². The lowest BCUT2D eigenvalue weighted by atomic mass is 10.1. The lowest BCUT2D eigenvalue weighted by Crippen LogP contribution is -2.55. The number of hydroxylamine groups is 2. The number of carbonyl (C=O) groups excluding carboxylic acids is 4. The third-order valence-electron chi connectivity index (χ3n) is 3.97. The highest BCUT2D eigenvalue weighted by atomic mass is 16.7. The van der Waals surface area contributed by atoms with Crippen molar-refractivity contribution in [1.29, 1.82) is 0 Å². The van der Waals surface area contributed by atoms with Gasteiger partial charge in [0.25, 0.3) is 11.8 Å². The van der Waals surface area contributed by atoms with Gasteiger partial charge in [0.1, 0.15) is 5.60 Å². The fraction of sp³-hybridized carbons (Fsp3) is 0.444. The number of fused-ring (bicyclic) bond motifs is 1. The predicted octanol–water partition coefficient (Wildman–Crippen LogP) is 1.38. The van der Waals surface area contributed by atoms with Crippen molar-refractivity contribution in [2.24, 2.45) is 0 Å². The van der Waals surface area contributed by atoms with E-state index in [2.05, 4.69) is 0 Å². The quantitative estimate of drug-likeness (QED) is 0.719. The molecule has 2 aliphatic heterocycles. The molecule has 27 heavy (non-hydrogen) atoms. The summed E-state index contributed by atoms with van der Waals surface area (Å²) in [6.45, 7) is 5.35. The van der Waals surface area contributed by atoms with E-state index in [1.807, 2.05) is 0 Å². The topological polar surface area (TPSA) is 102 Å². The largest absolute Gasteiger partial charge is 0.444 e. The molecule has 0 spiro atoms. The molecule has 1 atom stereocenters. The first-order valence-electron chi connectivity index (χ1n) is 8.46. The second kappa shape index (κ2) is 6.99. The Kier molecular flexibility index (Phi) is 4.88. The monoisotopic (exact) mass is 376 g/mol. The van der Waals surface area contributed by atoms with Crippen LogP contribution in [0.25, 0.3) is 0 Å². The standard InChI is InChI=1S/C18H20N2O7/c1-18(2,3)26-17(24)19-8-9-25-10-13(19)16(23)27-20-14(21)11-6-4-5-7-12(11)15(20)22/h4-7,13H,8-10H2,1-3H3. The van der Waals surface area contributed by atoms with Crippen LogP contribution >= 0.6 is 0 Å². The number of ether oxygens (including phenoxy) is 2. The number of benzene rings is 1. The maximum atomic E-state index is 12.6. The predicted molar refractivity (Wildman–Crippen MR) is 90.6 cm³/mol. The summed E-state index contributed by atoms with van der Waals surface area (Å²) in [4.78, 5) is 55.8. The summed E-state index contributed by atoms with van der Waals surface area (Å²) in [5.41, 5.74) is -0.440. The molecule has 1 unspecified atom stereocenters. The molecule has 9 heteroatoms. The van der Waals surface area contributed by atoms with E-state index < -0.39 is 35.5 Å². The number of nitrogens with zero attached hydrogens (tertiary/aromatic N) is 2. The second-order valence-electron chi connectivity index (χ2n) is 7.13. The van der Waals surface area contributed by atoms with Crippen molar-refractivity contribution < 1.29 is 33.5 Å². The minimum absolute atomic E-state index is 0.122. The van der Waals surface area contributed by atoms with Gasteiger partial charge in [-0.1, -0.05) is 17.2 Å². The minimum atomic E-state index is -1.13. The minimum Gasteiger partial charge on any atom is -0.444 e. The van der Waals surface area contributed by atoms with E-state index >= 15 is 0 Å². The van der Waals surface area contributed by atoms with Crippen LogP contribution in [0.1, 0.15) is 41.5 Å². The third kappa shape index (κ3) is 3.77. The zero-order valence-electron chi connectivity index (χ0n) is 15.3. The van der Waals surface area contributed by atoms with Gasteiger partial charge in [-0.25, -0.2) is 9.59 Å². The summed E-state index contributed by atoms with van der Waals surface area (Å²) in [5, 5.41) is 0.412. The van der Waals surface area contributed by atoms with Gasteiger partial charge < -0.3 is 14.3 Å². The summed E-state index contributed by atoms with van der Waals surface area (Å²) in [6, 6.07) is 5.03. The average Bonchev–Trinajstić information content (AvgIpc) is 2.85. The number of rotatable bonds is 2. The number of imide groups is 1. The Morgan fingerprint density at radius 3 is 2.26 bits per heavy atom. The zero-order chi connectivity index (χ0) is 19.8. The van der Waals surface area contributed by atoms with Crippen LogP contribution in [0, 0.1) is 0 Å². The molecule has 2 aliphatic rings. The molecule has 1 aromatic carbocycles. The van der Waals surface area contributed by atoms with Gasteiger partial charge in [0.15, 0.2) is 6.04 Å². The molecule has 2 heterocycles. The summed E-state index contributed by atoms with van der Waals surface area (Å²) >= 11 is 0. The van der Waals surface area contributed by atoms with Gasteiger partial charge in [-0.15, -0.1) is 0 Å². The summed E-state index contributed by atoms with van der Waals surface area (Å²) in [6.07, 6.45) is -0.699. The Morgan fingerprint density at radius 2 is 1.70 bits per heavy atom. The van der Waals surface area contributed by atoms with Crippen LogP contribution < -0.4 is 0 Å². The van der Waals surface area contributed by atoms with Gasteiger partial charge in [-0.3, -0.25) is 14.5 Å². The lowest BCUT2D eigenvalue weighted by Gasteiger charge is -2.35. The van der Waals surface area contributed by atoms with Crippen LogP contribution in [0.4, 0.5) is 4.79 Å². The molecule has 144 valence electrons. The van der Waals surface area contributed by atoms with Gasteiger partial charge in [0, 0.05) is 6.54 Å². The fourth-order valence-electron chi connectivity index (χ4n) is 2.74. The third-order valence-corrected chi connectivity index (χ3v) is 3.97. The Bertz CT molecular complexity index is 764. The molecule has 0 aliphatic carbocycles. The second-order valence-corrected chi connectivity index (χ2v) is 7.13. The van der Waals surface area contributed by atoms with Crippen LogP contribution in [-0.4, -0.2) is 65.2 Å². The zero-order valence-corrected chi connectivity index (χ0v) is 15.3. The van der Waals surface area contributed by atoms with E-state index in [4.69, 9.17) is 14.3 Å². The normalized spacial score (nSPS) is 19.7. The van der Waals surface area contributed by atoms with Crippen molar-refractivity contribution in [2.45, 2.75) is 32.4 Å². The molecule has 9 nitrogen and oxygen atoms in total. The molecule has 0 radical (unpaired) electrons. The van der Waals surface area contributed by atoms with Crippen molar-refractivity contribution in [3.63, 3.8) is 0 Å². The molecule has 1 saturated heterocycles. The van der Waals surface area contributed by atoms with Crippen molar-refractivity contribution in [1.82, 2.24) is 9.96 Å². The molecular formula is C18H20N2O7. The molecule has 0 saturated carbocycles. The van der Waals surface area contributed by atoms with E-state index in [0.717, 1.165) is 0 Å². The van der Waals surface area contributed by atoms with Crippen LogP contribution in [0.5, 0.6) is 0 Å². The first-order valence-corrected chi connectivity index (χ1v) is 8.46. The van der Waals surface area contributed by atoms with E-state index in [-0.39, 0.29) is 30.9 Å². The van der Waals surface area contributed by atoms with Gasteiger partial charge in [0.2, 0.25) is 0 Å². The lowest BCUT2D eigenvalue weighted by molar-refractivity contribution is -0.179. The number of hydrogen-bond donors (Lipinski definition) is 0. The maximum absolute atomic E-state index is 12.6. The van der Waals surface area contributed by atoms with Gasteiger partial charge in [-0.2, -0.15) is 0 Å². The first kappa shape index (κ1) is 18.8. The summed E-state index contributed by atoms with van der Waals surface area (Å²) in [5.74, 6) is -2.41. The van der Waals surface area contributed by atoms with Crippen molar-refractivity contribution in [3.05, 3.63) is 35.4 Å². The molecule has 1 aromatic rings. The molecule has 0 bridgehead atoms. The SMILES string of the molecule is CC(C)(C)OC(=O)N1CCOCC1C(=O)ON1C(=O)c2ccccc2C1=O. The highest BCUT2D eigenvalue weighted by Crippen LogP contribution is 2.24. The average molecular weight is 376 g/mol. The Labute approximate surface area is 155 Å². The molecule has 0 N–H and O–H groups in total. The smallest absolute Gasteiger partial charge is 0.411 e. The van der Waals surface area contributed by atoms with E-state index in [1.165, 1.54) is 17.0 Å². The number of morpholine rings is 1. The Morgan fingerprint density at radius 1 is 1.11 bits per heavy atom. The van der Waals surface area contributed by atoms with Crippen molar-refractivity contribution >= 4 is 23.9 Å². The first-order chi connectivity index (χ1) is 12.7. The van der Waals surface area contributed by atoms with Gasteiger partial charge in [-0.05, 0) is 32.9 Å².